The molecule has 0 amide bonds. The number of aliphatic imine (C=N–C) groups is 2. The maximum absolute atomic E-state index is 7.27. The summed E-state index contributed by atoms with van der Waals surface area (Å²) in [5.41, 5.74) is 7.34. The Labute approximate surface area is 335 Å². The van der Waals surface area contributed by atoms with E-state index in [0.717, 1.165) is 33.7 Å². The molecule has 0 radical (unpaired) electrons. The number of imidazole rings is 1. The van der Waals surface area contributed by atoms with Crippen LogP contribution in [0.4, 0.5) is 0 Å². The average Bonchev–Trinajstić information content (AvgIpc) is 3.85. The maximum Gasteiger partial charge on any atom is 0.263 e. The fourth-order valence-corrected chi connectivity index (χ4v) is 7.41. The van der Waals surface area contributed by atoms with E-state index in [1.807, 2.05) is 146 Å². The minimum absolute atomic E-state index is 0.468. The number of benzene rings is 6. The van der Waals surface area contributed by atoms with Gasteiger partial charge in [-0.1, -0.05) is 53.5 Å². The second-order valence-corrected chi connectivity index (χ2v) is 13.7. The van der Waals surface area contributed by atoms with E-state index in [-0.39, 0.29) is 0 Å². The summed E-state index contributed by atoms with van der Waals surface area (Å²) in [6.45, 7) is 0. The largest absolute Gasteiger partial charge is 0.497 e. The highest BCUT2D eigenvalue weighted by Gasteiger charge is 2.46. The third-order valence-electron chi connectivity index (χ3n) is 9.75. The molecule has 1 aliphatic rings. The van der Waals surface area contributed by atoms with E-state index < -0.39 is 5.79 Å². The van der Waals surface area contributed by atoms with E-state index in [9.17, 15) is 0 Å². The summed E-state index contributed by atoms with van der Waals surface area (Å²) < 4.78 is 24.3. The van der Waals surface area contributed by atoms with Gasteiger partial charge >= 0.3 is 0 Å². The van der Waals surface area contributed by atoms with Crippen LogP contribution < -0.4 is 18.9 Å². The predicted molar refractivity (Wildman–Crippen MR) is 224 cm³/mol. The first-order valence-electron chi connectivity index (χ1n) is 17.8. The highest BCUT2D eigenvalue weighted by Crippen LogP contribution is 2.49. The Kier molecular flexibility index (Phi) is 10.1. The minimum Gasteiger partial charge on any atom is -0.497 e. The zero-order valence-electron chi connectivity index (χ0n) is 31.0. The summed E-state index contributed by atoms with van der Waals surface area (Å²) in [6.07, 6.45) is 0. The van der Waals surface area contributed by atoms with E-state index >= 15 is 0 Å². The number of methoxy groups -OCH3 is 4. The van der Waals surface area contributed by atoms with Gasteiger partial charge < -0.3 is 18.9 Å². The molecular weight excluding hydrogens is 743 g/mol. The second-order valence-electron chi connectivity index (χ2n) is 12.9. The van der Waals surface area contributed by atoms with E-state index in [4.69, 9.17) is 57.1 Å². The van der Waals surface area contributed by atoms with Crippen molar-refractivity contribution in [3.8, 4) is 56.9 Å². The molecule has 8 rings (SSSR count). The summed E-state index contributed by atoms with van der Waals surface area (Å²) in [5, 5.41) is 0.975. The van der Waals surface area contributed by atoms with E-state index in [0.29, 0.717) is 61.4 Å². The molecule has 0 atom stereocenters. The standard InChI is InChI=1S/C46H36Cl2N4O4/c1-53-33-21-13-29(14-22-33)41-42(30-15-23-34(54-2)24-16-30)51-46(50-41,38-10-6-8-12-40(38)48)52-44(32-19-27-36(56-4)28-20-32)43(31-17-25-35(55-3)26-18-31)49-45(52)37-9-5-7-11-39(37)47/h5-28H,1-4H3. The number of halogens is 2. The Bertz CT molecular complexity index is 2520. The Morgan fingerprint density at radius 1 is 0.464 bits per heavy atom. The molecule has 6 aromatic carbocycles. The zero-order chi connectivity index (χ0) is 38.8. The van der Waals surface area contributed by atoms with Gasteiger partial charge in [0.2, 0.25) is 0 Å². The molecule has 0 saturated heterocycles. The van der Waals surface area contributed by atoms with Crippen LogP contribution in [-0.4, -0.2) is 49.4 Å². The van der Waals surface area contributed by atoms with Crippen LogP contribution >= 0.6 is 23.2 Å². The van der Waals surface area contributed by atoms with Crippen LogP contribution in [0, 0.1) is 0 Å². The Hall–Kier alpha value is -6.35. The van der Waals surface area contributed by atoms with Gasteiger partial charge in [0, 0.05) is 33.4 Å². The lowest BCUT2D eigenvalue weighted by Gasteiger charge is -2.30. The molecule has 56 heavy (non-hydrogen) atoms. The normalized spacial score (nSPS) is 13.2. The molecule has 7 aromatic rings. The Balaban J connectivity index is 1.55. The molecule has 0 spiro atoms. The monoisotopic (exact) mass is 778 g/mol. The van der Waals surface area contributed by atoms with Crippen molar-refractivity contribution in [3.05, 3.63) is 172 Å². The first-order chi connectivity index (χ1) is 27.4. The smallest absolute Gasteiger partial charge is 0.263 e. The van der Waals surface area contributed by atoms with Crippen molar-refractivity contribution in [3.63, 3.8) is 0 Å². The van der Waals surface area contributed by atoms with Crippen molar-refractivity contribution in [1.29, 1.82) is 0 Å². The van der Waals surface area contributed by atoms with Gasteiger partial charge in [0.1, 0.15) is 28.8 Å². The zero-order valence-corrected chi connectivity index (χ0v) is 32.5. The molecule has 0 unspecified atom stereocenters. The van der Waals surface area contributed by atoms with Crippen LogP contribution in [0.5, 0.6) is 23.0 Å². The summed E-state index contributed by atoms with van der Waals surface area (Å²) in [6, 6.07) is 46.5. The Morgan fingerprint density at radius 2 is 0.875 bits per heavy atom. The second kappa shape index (κ2) is 15.4. The third kappa shape index (κ3) is 6.57. The van der Waals surface area contributed by atoms with Crippen LogP contribution in [0.25, 0.3) is 33.9 Å². The van der Waals surface area contributed by atoms with E-state index in [1.165, 1.54) is 0 Å². The lowest BCUT2D eigenvalue weighted by molar-refractivity contribution is 0.408. The lowest BCUT2D eigenvalue weighted by Crippen LogP contribution is -2.31. The van der Waals surface area contributed by atoms with Crippen molar-refractivity contribution in [2.75, 3.05) is 28.4 Å². The first kappa shape index (κ1) is 36.6. The molecule has 8 nitrogen and oxygen atoms in total. The summed E-state index contributed by atoms with van der Waals surface area (Å²) in [5.74, 6) is 1.84. The van der Waals surface area contributed by atoms with E-state index in [2.05, 4.69) is 4.57 Å². The molecule has 0 bridgehead atoms. The van der Waals surface area contributed by atoms with Crippen LogP contribution in [0.1, 0.15) is 16.7 Å². The van der Waals surface area contributed by atoms with Gasteiger partial charge in [-0.3, -0.25) is 4.57 Å². The number of hydrogen-bond donors (Lipinski definition) is 0. The molecule has 0 fully saturated rings. The van der Waals surface area contributed by atoms with Crippen LogP contribution in [0.2, 0.25) is 10.0 Å². The molecule has 0 aliphatic carbocycles. The Morgan fingerprint density at radius 3 is 1.32 bits per heavy atom. The highest BCUT2D eigenvalue weighted by atomic mass is 35.5. The van der Waals surface area contributed by atoms with Crippen molar-refractivity contribution >= 4 is 34.6 Å². The lowest BCUT2D eigenvalue weighted by atomic mass is 10.00. The molecule has 2 heterocycles. The average molecular weight is 780 g/mol. The predicted octanol–water partition coefficient (Wildman–Crippen LogP) is 10.9. The van der Waals surface area contributed by atoms with Gasteiger partial charge in [-0.05, 0) is 115 Å². The van der Waals surface area contributed by atoms with Crippen LogP contribution in [0.15, 0.2) is 156 Å². The molecule has 10 heteroatoms. The number of rotatable bonds is 11. The fraction of sp³-hybridized carbons (Fsp3) is 0.109. The third-order valence-corrected chi connectivity index (χ3v) is 10.4. The maximum atomic E-state index is 7.27. The quantitative estimate of drug-likeness (QED) is 0.131. The fourth-order valence-electron chi connectivity index (χ4n) is 6.93. The molecule has 0 N–H and O–H groups in total. The highest BCUT2D eigenvalue weighted by molar-refractivity contribution is 6.54. The first-order valence-corrected chi connectivity index (χ1v) is 18.5. The number of nitrogens with zero attached hydrogens (tertiary/aromatic N) is 4. The van der Waals surface area contributed by atoms with Crippen molar-refractivity contribution in [2.45, 2.75) is 5.79 Å². The summed E-state index contributed by atoms with van der Waals surface area (Å²) in [7, 11) is 6.58. The van der Waals surface area contributed by atoms with Gasteiger partial charge in [-0.2, -0.15) is 0 Å². The van der Waals surface area contributed by atoms with Crippen molar-refractivity contribution in [1.82, 2.24) is 9.55 Å². The van der Waals surface area contributed by atoms with Gasteiger partial charge in [-0.15, -0.1) is 0 Å². The van der Waals surface area contributed by atoms with Gasteiger partial charge in [0.25, 0.3) is 5.79 Å². The summed E-state index contributed by atoms with van der Waals surface area (Å²) in [4.78, 5) is 16.9. The SMILES string of the molecule is COc1ccc(C2=NC(c3ccccc3Cl)(n3c(-c4ccccc4Cl)nc(-c4ccc(OC)cc4)c3-c3ccc(OC)cc3)N=C2c2ccc(OC)cc2)cc1. The van der Waals surface area contributed by atoms with Crippen LogP contribution in [0.3, 0.4) is 0 Å². The number of ether oxygens (including phenoxy) is 4. The molecule has 0 saturated carbocycles. The molecule has 278 valence electrons. The van der Waals surface area contributed by atoms with Gasteiger partial charge in [0.15, 0.2) is 0 Å². The van der Waals surface area contributed by atoms with Crippen molar-refractivity contribution < 1.29 is 18.9 Å². The topological polar surface area (TPSA) is 79.5 Å². The number of hydrogen-bond acceptors (Lipinski definition) is 7. The van der Waals surface area contributed by atoms with Gasteiger partial charge in [-0.25, -0.2) is 15.0 Å². The molecule has 1 aromatic heterocycles. The van der Waals surface area contributed by atoms with Crippen LogP contribution in [-0.2, 0) is 5.79 Å². The van der Waals surface area contributed by atoms with Gasteiger partial charge in [0.05, 0.1) is 61.3 Å². The van der Waals surface area contributed by atoms with Crippen molar-refractivity contribution in [2.24, 2.45) is 9.98 Å². The number of aromatic nitrogens is 2. The molecule has 1 aliphatic heterocycles. The minimum atomic E-state index is -1.55. The summed E-state index contributed by atoms with van der Waals surface area (Å²) >= 11 is 14.4. The van der Waals surface area contributed by atoms with E-state index in [1.54, 1.807) is 28.4 Å². The molecular formula is C46H36Cl2N4O4.